The van der Waals surface area contributed by atoms with Crippen LogP contribution in [0, 0.1) is 6.92 Å². The lowest BCUT2D eigenvalue weighted by atomic mass is 9.80. The molecule has 0 heterocycles. The first-order valence-corrected chi connectivity index (χ1v) is 10.8. The molecule has 0 aliphatic heterocycles. The maximum absolute atomic E-state index is 12.6. The van der Waals surface area contributed by atoms with Crippen LogP contribution in [-0.4, -0.2) is 31.7 Å². The number of carboxylic acids is 1. The number of hydrogen-bond acceptors (Lipinski definition) is 3. The molecule has 1 unspecified atom stereocenters. The molecule has 4 nitrogen and oxygen atoms in total. The van der Waals surface area contributed by atoms with Crippen LogP contribution in [-0.2, 0) is 19.7 Å². The fourth-order valence-corrected chi connectivity index (χ4v) is 4.73. The summed E-state index contributed by atoms with van der Waals surface area (Å²) in [5, 5.41) is 9.88. The molecule has 0 amide bonds. The second kappa shape index (κ2) is 6.43. The first kappa shape index (κ1) is 17.4. The van der Waals surface area contributed by atoms with Crippen molar-refractivity contribution in [2.45, 2.75) is 44.9 Å². The number of benzene rings is 1. The van der Waals surface area contributed by atoms with Gasteiger partial charge in [-0.2, -0.15) is 0 Å². The number of esters is 1. The van der Waals surface area contributed by atoms with Crippen molar-refractivity contribution in [3.05, 3.63) is 35.4 Å². The summed E-state index contributed by atoms with van der Waals surface area (Å²) >= 11 is 0. The number of aliphatic carboxylic acids is 1. The van der Waals surface area contributed by atoms with Crippen LogP contribution >= 0.6 is 0 Å². The van der Waals surface area contributed by atoms with Crippen LogP contribution in [0.25, 0.3) is 0 Å². The minimum atomic E-state index is -1.83. The van der Waals surface area contributed by atoms with Crippen molar-refractivity contribution in [1.29, 1.82) is 0 Å². The number of carboxylic acid groups (broad SMARTS) is 1. The smallest absolute Gasteiger partial charge is 0.327 e. The van der Waals surface area contributed by atoms with Crippen molar-refractivity contribution in [3.63, 3.8) is 0 Å². The van der Waals surface area contributed by atoms with E-state index >= 15 is 0 Å². The van der Waals surface area contributed by atoms with E-state index in [1.807, 2.05) is 19.1 Å². The van der Waals surface area contributed by atoms with Crippen molar-refractivity contribution in [2.24, 2.45) is 0 Å². The molecule has 0 spiro atoms. The lowest BCUT2D eigenvalue weighted by Gasteiger charge is -2.33. The maximum Gasteiger partial charge on any atom is 0.327 e. The van der Waals surface area contributed by atoms with Crippen LogP contribution in [0.15, 0.2) is 24.3 Å². The SMILES string of the molecule is CCOC(=O)C(C[Si](C)(C)C)(C(=O)O)c1ccccc1C. The number of hydrogen-bond donors (Lipinski definition) is 1. The standard InChI is InChI=1S/C16H24O4Si/c1-6-20-15(19)16(14(17)18,11-21(3,4)5)13-10-8-7-9-12(13)2/h7-10H,6,11H2,1-5H3,(H,17,18). The lowest BCUT2D eigenvalue weighted by molar-refractivity contribution is -0.160. The van der Waals surface area contributed by atoms with Gasteiger partial charge in [-0.25, -0.2) is 0 Å². The molecular weight excluding hydrogens is 284 g/mol. The largest absolute Gasteiger partial charge is 0.480 e. The summed E-state index contributed by atoms with van der Waals surface area (Å²) in [7, 11) is -1.83. The Bertz CT molecular complexity index is 533. The first-order valence-electron chi connectivity index (χ1n) is 7.12. The van der Waals surface area contributed by atoms with Crippen LogP contribution in [0.3, 0.4) is 0 Å². The Morgan fingerprint density at radius 3 is 2.24 bits per heavy atom. The second-order valence-electron chi connectivity index (χ2n) is 6.48. The van der Waals surface area contributed by atoms with E-state index in [1.165, 1.54) is 0 Å². The van der Waals surface area contributed by atoms with Crippen LogP contribution in [0.4, 0.5) is 0 Å². The predicted molar refractivity (Wildman–Crippen MR) is 85.3 cm³/mol. The summed E-state index contributed by atoms with van der Waals surface area (Å²) in [4.78, 5) is 24.6. The van der Waals surface area contributed by atoms with Crippen LogP contribution in [0.1, 0.15) is 18.1 Å². The van der Waals surface area contributed by atoms with Gasteiger partial charge < -0.3 is 9.84 Å². The van der Waals surface area contributed by atoms with Crippen molar-refractivity contribution in [3.8, 4) is 0 Å². The number of rotatable bonds is 6. The highest BCUT2D eigenvalue weighted by Gasteiger charge is 2.52. The minimum Gasteiger partial charge on any atom is -0.480 e. The molecule has 0 saturated carbocycles. The average Bonchev–Trinajstić information content (AvgIpc) is 2.35. The summed E-state index contributed by atoms with van der Waals surface area (Å²) in [5.74, 6) is -1.79. The fourth-order valence-electron chi connectivity index (χ4n) is 2.66. The highest BCUT2D eigenvalue weighted by atomic mass is 28.3. The summed E-state index contributed by atoms with van der Waals surface area (Å²) in [6.45, 7) is 9.87. The van der Waals surface area contributed by atoms with Gasteiger partial charge in [0.15, 0.2) is 5.41 Å². The van der Waals surface area contributed by atoms with Gasteiger partial charge in [-0.1, -0.05) is 43.9 Å². The van der Waals surface area contributed by atoms with Gasteiger partial charge in [-0.3, -0.25) is 9.59 Å². The van der Waals surface area contributed by atoms with Crippen molar-refractivity contribution >= 4 is 20.0 Å². The zero-order valence-electron chi connectivity index (χ0n) is 13.4. The Hall–Kier alpha value is -1.62. The Morgan fingerprint density at radius 2 is 1.81 bits per heavy atom. The lowest BCUT2D eigenvalue weighted by Crippen LogP contribution is -2.50. The third-order valence-electron chi connectivity index (χ3n) is 3.39. The third kappa shape index (κ3) is 3.72. The molecule has 0 fully saturated rings. The van der Waals surface area contributed by atoms with E-state index in [1.54, 1.807) is 19.1 Å². The zero-order valence-corrected chi connectivity index (χ0v) is 14.4. The van der Waals surface area contributed by atoms with E-state index in [2.05, 4.69) is 19.6 Å². The van der Waals surface area contributed by atoms with E-state index in [0.717, 1.165) is 5.56 Å². The minimum absolute atomic E-state index is 0.172. The van der Waals surface area contributed by atoms with E-state index in [4.69, 9.17) is 4.74 Å². The van der Waals surface area contributed by atoms with E-state index in [9.17, 15) is 14.7 Å². The van der Waals surface area contributed by atoms with Crippen molar-refractivity contribution in [1.82, 2.24) is 0 Å². The molecule has 0 bridgehead atoms. The monoisotopic (exact) mass is 308 g/mol. The van der Waals surface area contributed by atoms with Gasteiger partial charge in [-0.15, -0.1) is 0 Å². The first-order chi connectivity index (χ1) is 9.65. The van der Waals surface area contributed by atoms with E-state index in [0.29, 0.717) is 11.6 Å². The van der Waals surface area contributed by atoms with Gasteiger partial charge in [-0.05, 0) is 31.0 Å². The van der Waals surface area contributed by atoms with Crippen LogP contribution < -0.4 is 0 Å². The van der Waals surface area contributed by atoms with Gasteiger partial charge in [0.1, 0.15) is 0 Å². The molecule has 1 atom stereocenters. The molecule has 0 aliphatic carbocycles. The van der Waals surface area contributed by atoms with Crippen molar-refractivity contribution < 1.29 is 19.4 Å². The quantitative estimate of drug-likeness (QED) is 0.498. The molecule has 0 radical (unpaired) electrons. The predicted octanol–water partition coefficient (Wildman–Crippen LogP) is 3.22. The van der Waals surface area contributed by atoms with Gasteiger partial charge in [0.2, 0.25) is 0 Å². The Balaban J connectivity index is 3.56. The second-order valence-corrected chi connectivity index (χ2v) is 12.0. The Morgan fingerprint density at radius 1 is 1.24 bits per heavy atom. The molecule has 1 rings (SSSR count). The van der Waals surface area contributed by atoms with E-state index < -0.39 is 25.4 Å². The molecule has 0 aromatic heterocycles. The molecule has 0 aliphatic rings. The number of carbonyl (C=O) groups is 2. The topological polar surface area (TPSA) is 63.6 Å². The average molecular weight is 308 g/mol. The molecule has 1 aromatic carbocycles. The van der Waals surface area contributed by atoms with E-state index in [-0.39, 0.29) is 6.61 Å². The fraction of sp³-hybridized carbons (Fsp3) is 0.500. The Labute approximate surface area is 127 Å². The Kier molecular flexibility index (Phi) is 5.34. The number of carbonyl (C=O) groups excluding carboxylic acids is 1. The van der Waals surface area contributed by atoms with Crippen LogP contribution in [0.5, 0.6) is 0 Å². The van der Waals surface area contributed by atoms with Crippen molar-refractivity contribution in [2.75, 3.05) is 6.61 Å². The van der Waals surface area contributed by atoms with Crippen LogP contribution in [0.2, 0.25) is 25.7 Å². The normalized spacial score (nSPS) is 14.3. The summed E-state index contributed by atoms with van der Waals surface area (Å²) < 4.78 is 5.13. The molecule has 116 valence electrons. The highest BCUT2D eigenvalue weighted by Crippen LogP contribution is 2.37. The summed E-state index contributed by atoms with van der Waals surface area (Å²) in [5.41, 5.74) is -0.268. The highest BCUT2D eigenvalue weighted by molar-refractivity contribution is 6.77. The molecule has 1 N–H and O–H groups in total. The third-order valence-corrected chi connectivity index (χ3v) is 4.98. The zero-order chi connectivity index (χ0) is 16.3. The molecule has 0 saturated heterocycles. The molecular formula is C16H24O4Si. The summed E-state index contributed by atoms with van der Waals surface area (Å²) in [6, 6.07) is 7.48. The molecule has 5 heteroatoms. The molecule has 1 aromatic rings. The maximum atomic E-state index is 12.6. The van der Waals surface area contributed by atoms with Gasteiger partial charge in [0.05, 0.1) is 6.61 Å². The van der Waals surface area contributed by atoms with Gasteiger partial charge >= 0.3 is 11.9 Å². The molecule has 21 heavy (non-hydrogen) atoms. The number of aryl methyl sites for hydroxylation is 1. The van der Waals surface area contributed by atoms with Gasteiger partial charge in [0, 0.05) is 8.07 Å². The van der Waals surface area contributed by atoms with Gasteiger partial charge in [0.25, 0.3) is 0 Å². The number of ether oxygens (including phenoxy) is 1. The summed E-state index contributed by atoms with van der Waals surface area (Å²) in [6.07, 6.45) is 0.